The normalized spacial score (nSPS) is 11.0. The summed E-state index contributed by atoms with van der Waals surface area (Å²) in [6, 6.07) is 15.4. The molecule has 1 N–H and O–H groups in total. The molecule has 0 fully saturated rings. The molecule has 2 aromatic heterocycles. The van der Waals surface area contributed by atoms with Gasteiger partial charge in [-0.25, -0.2) is 4.98 Å². The van der Waals surface area contributed by atoms with Gasteiger partial charge in [0.25, 0.3) is 17.2 Å². The smallest absolute Gasteiger partial charge is 0.274 e. The van der Waals surface area contributed by atoms with E-state index < -0.39 is 0 Å². The molecule has 0 radical (unpaired) electrons. The van der Waals surface area contributed by atoms with Crippen LogP contribution in [0, 0.1) is 0 Å². The maximum absolute atomic E-state index is 12.5. The van der Waals surface area contributed by atoms with Crippen LogP contribution in [0.2, 0.25) is 0 Å². The topological polar surface area (TPSA) is 99.7 Å². The fourth-order valence-electron chi connectivity index (χ4n) is 3.18. The molecule has 2 aromatic carbocycles. The summed E-state index contributed by atoms with van der Waals surface area (Å²) in [5, 5.41) is 2.84. The average molecular weight is 433 g/mol. The zero-order valence-corrected chi connectivity index (χ0v) is 18.0. The van der Waals surface area contributed by atoms with Gasteiger partial charge in [0.1, 0.15) is 24.4 Å². The molecule has 0 saturated carbocycles. The van der Waals surface area contributed by atoms with E-state index in [1.165, 1.54) is 10.6 Å². The summed E-state index contributed by atoms with van der Waals surface area (Å²) < 4.78 is 14.1. The molecule has 0 saturated heterocycles. The fourth-order valence-corrected chi connectivity index (χ4v) is 3.18. The summed E-state index contributed by atoms with van der Waals surface area (Å²) >= 11 is 0. The van der Waals surface area contributed by atoms with Gasteiger partial charge in [0, 0.05) is 29.4 Å². The lowest BCUT2D eigenvalue weighted by molar-refractivity contribution is 0.102. The van der Waals surface area contributed by atoms with E-state index in [2.05, 4.69) is 15.3 Å². The highest BCUT2D eigenvalue weighted by molar-refractivity contribution is 6.04. The zero-order chi connectivity index (χ0) is 22.7. The van der Waals surface area contributed by atoms with E-state index in [4.69, 9.17) is 9.47 Å². The van der Waals surface area contributed by atoms with Crippen LogP contribution in [0.1, 0.15) is 35.9 Å². The second-order valence-electron chi connectivity index (χ2n) is 7.41. The van der Waals surface area contributed by atoms with Gasteiger partial charge >= 0.3 is 0 Å². The van der Waals surface area contributed by atoms with Gasteiger partial charge in [-0.3, -0.25) is 14.3 Å². The summed E-state index contributed by atoms with van der Waals surface area (Å²) in [7, 11) is 1.57. The van der Waals surface area contributed by atoms with E-state index in [-0.39, 0.29) is 24.1 Å². The molecule has 0 unspecified atom stereocenters. The first-order chi connectivity index (χ1) is 15.4. The first kappa shape index (κ1) is 21.1. The van der Waals surface area contributed by atoms with E-state index in [9.17, 15) is 9.59 Å². The Kier molecular flexibility index (Phi) is 5.89. The number of amides is 1. The molecule has 32 heavy (non-hydrogen) atoms. The second-order valence-corrected chi connectivity index (χ2v) is 7.41. The number of aromatic nitrogens is 4. The Labute approximate surface area is 184 Å². The lowest BCUT2D eigenvalue weighted by atomic mass is 10.2. The Hall–Kier alpha value is -4.14. The number of nitrogens with zero attached hydrogens (tertiary/aromatic N) is 4. The van der Waals surface area contributed by atoms with Crippen molar-refractivity contribution in [3.63, 3.8) is 0 Å². The third kappa shape index (κ3) is 4.46. The molecule has 9 heteroatoms. The average Bonchev–Trinajstić information content (AvgIpc) is 3.23. The minimum atomic E-state index is -0.245. The molecule has 0 spiro atoms. The number of anilines is 1. The predicted octanol–water partition coefficient (Wildman–Crippen LogP) is 3.31. The fraction of sp³-hybridized carbons (Fsp3) is 0.217. The van der Waals surface area contributed by atoms with Crippen molar-refractivity contribution in [1.29, 1.82) is 0 Å². The van der Waals surface area contributed by atoms with E-state index in [1.807, 2.05) is 13.8 Å². The largest absolute Gasteiger partial charge is 0.497 e. The Bertz CT molecular complexity index is 1310. The molecule has 0 aliphatic carbocycles. The van der Waals surface area contributed by atoms with Gasteiger partial charge in [0.05, 0.1) is 12.8 Å². The van der Waals surface area contributed by atoms with Crippen molar-refractivity contribution < 1.29 is 14.3 Å². The zero-order valence-electron chi connectivity index (χ0n) is 18.0. The summed E-state index contributed by atoms with van der Waals surface area (Å²) in [5.74, 6) is 1.29. The standard InChI is InChI=1S/C23H23N5O4/c1-15(2)27-14-24-23-26-18(12-21(29)28(23)27)13-32-20-6-4-5-17(11-20)25-22(30)16-7-9-19(31-3)10-8-16/h4-12,14-15H,13H2,1-3H3,(H,25,30). The Morgan fingerprint density at radius 1 is 1.09 bits per heavy atom. The first-order valence-corrected chi connectivity index (χ1v) is 10.1. The van der Waals surface area contributed by atoms with Gasteiger partial charge in [-0.05, 0) is 50.2 Å². The quantitative estimate of drug-likeness (QED) is 0.480. The summed E-state index contributed by atoms with van der Waals surface area (Å²) in [5.41, 5.74) is 1.34. The number of nitrogens with one attached hydrogen (secondary N) is 1. The Morgan fingerprint density at radius 2 is 1.88 bits per heavy atom. The lowest BCUT2D eigenvalue weighted by Crippen LogP contribution is -2.23. The highest BCUT2D eigenvalue weighted by Gasteiger charge is 2.11. The van der Waals surface area contributed by atoms with Crippen molar-refractivity contribution in [1.82, 2.24) is 19.2 Å². The molecule has 2 heterocycles. The minimum Gasteiger partial charge on any atom is -0.497 e. The third-order valence-electron chi connectivity index (χ3n) is 4.81. The predicted molar refractivity (Wildman–Crippen MR) is 119 cm³/mol. The van der Waals surface area contributed by atoms with Crippen LogP contribution >= 0.6 is 0 Å². The molecule has 9 nitrogen and oxygen atoms in total. The molecular formula is C23H23N5O4. The SMILES string of the molecule is COc1ccc(C(=O)Nc2cccc(OCc3cc(=O)n4c(ncn4C(C)C)n3)c2)cc1. The minimum absolute atomic E-state index is 0.0810. The molecule has 164 valence electrons. The summed E-state index contributed by atoms with van der Waals surface area (Å²) in [4.78, 5) is 33.6. The number of methoxy groups -OCH3 is 1. The maximum atomic E-state index is 12.5. The van der Waals surface area contributed by atoms with Crippen LogP contribution in [0.5, 0.6) is 11.5 Å². The molecular weight excluding hydrogens is 410 g/mol. The van der Waals surface area contributed by atoms with Crippen LogP contribution < -0.4 is 20.3 Å². The molecule has 0 bridgehead atoms. The highest BCUT2D eigenvalue weighted by atomic mass is 16.5. The van der Waals surface area contributed by atoms with Gasteiger partial charge in [-0.1, -0.05) is 6.07 Å². The van der Waals surface area contributed by atoms with Crippen molar-refractivity contribution in [3.8, 4) is 11.5 Å². The Balaban J connectivity index is 1.45. The summed E-state index contributed by atoms with van der Waals surface area (Å²) in [6.45, 7) is 4.02. The number of carbonyl (C=O) groups excluding carboxylic acids is 1. The second kappa shape index (κ2) is 8.93. The van der Waals surface area contributed by atoms with Gasteiger partial charge in [0.15, 0.2) is 0 Å². The van der Waals surface area contributed by atoms with Gasteiger partial charge in [-0.2, -0.15) is 9.50 Å². The molecule has 4 aromatic rings. The van der Waals surface area contributed by atoms with Crippen LogP contribution in [-0.4, -0.2) is 32.2 Å². The van der Waals surface area contributed by atoms with Crippen molar-refractivity contribution >= 4 is 17.4 Å². The van der Waals surface area contributed by atoms with Crippen molar-refractivity contribution in [2.24, 2.45) is 0 Å². The number of rotatable bonds is 7. The first-order valence-electron chi connectivity index (χ1n) is 10.1. The number of hydrogen-bond donors (Lipinski definition) is 1. The highest BCUT2D eigenvalue weighted by Crippen LogP contribution is 2.20. The molecule has 0 aliphatic heterocycles. The van der Waals surface area contributed by atoms with E-state index in [0.717, 1.165) is 0 Å². The molecule has 1 amide bonds. The van der Waals surface area contributed by atoms with Crippen LogP contribution in [0.25, 0.3) is 5.78 Å². The molecule has 0 atom stereocenters. The van der Waals surface area contributed by atoms with Crippen molar-refractivity contribution in [3.05, 3.63) is 82.5 Å². The van der Waals surface area contributed by atoms with Gasteiger partial charge in [-0.15, -0.1) is 0 Å². The monoisotopic (exact) mass is 433 g/mol. The van der Waals surface area contributed by atoms with Crippen LogP contribution in [-0.2, 0) is 6.61 Å². The number of carbonyl (C=O) groups is 1. The molecule has 4 rings (SSSR count). The number of ether oxygens (including phenoxy) is 2. The lowest BCUT2D eigenvalue weighted by Gasteiger charge is -2.10. The van der Waals surface area contributed by atoms with Crippen LogP contribution in [0.15, 0.2) is 65.7 Å². The number of fused-ring (bicyclic) bond motifs is 1. The van der Waals surface area contributed by atoms with E-state index >= 15 is 0 Å². The third-order valence-corrected chi connectivity index (χ3v) is 4.81. The number of benzene rings is 2. The van der Waals surface area contributed by atoms with Crippen molar-refractivity contribution in [2.75, 3.05) is 12.4 Å². The maximum Gasteiger partial charge on any atom is 0.274 e. The summed E-state index contributed by atoms with van der Waals surface area (Å²) in [6.07, 6.45) is 1.59. The van der Waals surface area contributed by atoms with Crippen molar-refractivity contribution in [2.45, 2.75) is 26.5 Å². The Morgan fingerprint density at radius 3 is 2.59 bits per heavy atom. The van der Waals surface area contributed by atoms with Gasteiger partial charge in [0.2, 0.25) is 0 Å². The van der Waals surface area contributed by atoms with E-state index in [1.54, 1.807) is 66.6 Å². The molecule has 0 aliphatic rings. The van der Waals surface area contributed by atoms with Crippen LogP contribution in [0.3, 0.4) is 0 Å². The van der Waals surface area contributed by atoms with Crippen LogP contribution in [0.4, 0.5) is 5.69 Å². The van der Waals surface area contributed by atoms with Gasteiger partial charge < -0.3 is 14.8 Å². The number of hydrogen-bond acceptors (Lipinski definition) is 6. The van der Waals surface area contributed by atoms with E-state index in [0.29, 0.717) is 34.2 Å².